The Kier molecular flexibility index (Phi) is 5.73. The van der Waals surface area contributed by atoms with Gasteiger partial charge >= 0.3 is 0 Å². The van der Waals surface area contributed by atoms with E-state index in [1.54, 1.807) is 0 Å². The molecular weight excluding hydrogens is 200 g/mol. The second-order valence-electron chi connectivity index (χ2n) is 5.40. The van der Waals surface area contributed by atoms with Gasteiger partial charge in [0.15, 0.2) is 0 Å². The molecule has 1 heterocycles. The third-order valence-corrected chi connectivity index (χ3v) is 3.16. The summed E-state index contributed by atoms with van der Waals surface area (Å²) in [6.45, 7) is 14.1. The Morgan fingerprint density at radius 2 is 2.12 bits per heavy atom. The number of rotatable bonds is 6. The molecule has 1 aliphatic heterocycles. The molecule has 0 aliphatic carbocycles. The summed E-state index contributed by atoms with van der Waals surface area (Å²) in [5.74, 6) is 0. The summed E-state index contributed by atoms with van der Waals surface area (Å²) in [6.07, 6.45) is 2.42. The van der Waals surface area contributed by atoms with Crippen molar-refractivity contribution in [1.29, 1.82) is 0 Å². The summed E-state index contributed by atoms with van der Waals surface area (Å²) >= 11 is 0. The van der Waals surface area contributed by atoms with Crippen molar-refractivity contribution < 1.29 is 4.74 Å². The first-order valence-corrected chi connectivity index (χ1v) is 6.67. The minimum Gasteiger partial charge on any atom is -0.373 e. The fourth-order valence-corrected chi connectivity index (χ4v) is 2.27. The first kappa shape index (κ1) is 13.9. The van der Waals surface area contributed by atoms with Gasteiger partial charge in [-0.05, 0) is 33.2 Å². The van der Waals surface area contributed by atoms with Gasteiger partial charge in [-0.2, -0.15) is 0 Å². The number of hydrogen-bond donors (Lipinski definition) is 1. The molecule has 96 valence electrons. The summed E-state index contributed by atoms with van der Waals surface area (Å²) in [4.78, 5) is 2.53. The van der Waals surface area contributed by atoms with Gasteiger partial charge in [-0.3, -0.25) is 4.90 Å². The minimum absolute atomic E-state index is 0.0291. The van der Waals surface area contributed by atoms with Crippen LogP contribution in [0.2, 0.25) is 0 Å². The number of ether oxygens (including phenoxy) is 1. The van der Waals surface area contributed by atoms with Crippen LogP contribution in [0.5, 0.6) is 0 Å². The second kappa shape index (κ2) is 6.58. The van der Waals surface area contributed by atoms with E-state index in [9.17, 15) is 0 Å². The molecule has 0 aromatic rings. The van der Waals surface area contributed by atoms with Crippen molar-refractivity contribution in [2.24, 2.45) is 0 Å². The normalized spacial score (nSPS) is 23.2. The van der Waals surface area contributed by atoms with E-state index in [1.165, 1.54) is 12.8 Å². The standard InChI is InChI=1S/C13H28N2O/c1-5-7-14-12(6-2)10-15-8-9-16-13(3,4)11-15/h12,14H,5-11H2,1-4H3. The quantitative estimate of drug-likeness (QED) is 0.751. The Morgan fingerprint density at radius 3 is 2.69 bits per heavy atom. The largest absolute Gasteiger partial charge is 0.373 e. The van der Waals surface area contributed by atoms with Crippen molar-refractivity contribution in [2.45, 2.75) is 52.2 Å². The molecule has 1 rings (SSSR count). The van der Waals surface area contributed by atoms with Crippen LogP contribution in [-0.4, -0.2) is 49.3 Å². The Balaban J connectivity index is 2.33. The van der Waals surface area contributed by atoms with Gasteiger partial charge in [-0.15, -0.1) is 0 Å². The molecule has 1 N–H and O–H groups in total. The molecule has 1 unspecified atom stereocenters. The van der Waals surface area contributed by atoms with E-state index in [-0.39, 0.29) is 5.60 Å². The molecule has 16 heavy (non-hydrogen) atoms. The summed E-state index contributed by atoms with van der Waals surface area (Å²) in [5.41, 5.74) is 0.0291. The molecule has 1 saturated heterocycles. The summed E-state index contributed by atoms with van der Waals surface area (Å²) < 4.78 is 5.73. The van der Waals surface area contributed by atoms with Crippen LogP contribution in [0.3, 0.4) is 0 Å². The fraction of sp³-hybridized carbons (Fsp3) is 1.00. The van der Waals surface area contributed by atoms with E-state index >= 15 is 0 Å². The van der Waals surface area contributed by atoms with E-state index < -0.39 is 0 Å². The number of hydrogen-bond acceptors (Lipinski definition) is 3. The third kappa shape index (κ3) is 4.81. The van der Waals surface area contributed by atoms with Crippen molar-refractivity contribution in [2.75, 3.05) is 32.8 Å². The number of morpholine rings is 1. The van der Waals surface area contributed by atoms with E-state index in [2.05, 4.69) is 37.9 Å². The Hall–Kier alpha value is -0.120. The lowest BCUT2D eigenvalue weighted by Gasteiger charge is -2.39. The lowest BCUT2D eigenvalue weighted by molar-refractivity contribution is -0.0876. The van der Waals surface area contributed by atoms with Gasteiger partial charge < -0.3 is 10.1 Å². The SMILES string of the molecule is CCCNC(CC)CN1CCOC(C)(C)C1. The highest BCUT2D eigenvalue weighted by molar-refractivity contribution is 4.81. The molecule has 0 amide bonds. The maximum atomic E-state index is 5.73. The van der Waals surface area contributed by atoms with Crippen LogP contribution >= 0.6 is 0 Å². The molecule has 0 aromatic carbocycles. The molecule has 3 heteroatoms. The zero-order valence-corrected chi connectivity index (χ0v) is 11.4. The molecule has 0 radical (unpaired) electrons. The van der Waals surface area contributed by atoms with Crippen LogP contribution in [0.15, 0.2) is 0 Å². The van der Waals surface area contributed by atoms with Gasteiger partial charge in [0.05, 0.1) is 12.2 Å². The topological polar surface area (TPSA) is 24.5 Å². The van der Waals surface area contributed by atoms with E-state index in [0.29, 0.717) is 6.04 Å². The highest BCUT2D eigenvalue weighted by Crippen LogP contribution is 2.16. The predicted octanol–water partition coefficient (Wildman–Crippen LogP) is 1.88. The van der Waals surface area contributed by atoms with Gasteiger partial charge in [0.2, 0.25) is 0 Å². The first-order valence-electron chi connectivity index (χ1n) is 6.67. The molecule has 0 aromatic heterocycles. The molecule has 1 atom stereocenters. The van der Waals surface area contributed by atoms with Crippen molar-refractivity contribution in [1.82, 2.24) is 10.2 Å². The fourth-order valence-electron chi connectivity index (χ4n) is 2.27. The van der Waals surface area contributed by atoms with Crippen LogP contribution in [0, 0.1) is 0 Å². The predicted molar refractivity (Wildman–Crippen MR) is 68.8 cm³/mol. The van der Waals surface area contributed by atoms with Crippen molar-refractivity contribution in [3.63, 3.8) is 0 Å². The average Bonchev–Trinajstić information content (AvgIpc) is 2.22. The van der Waals surface area contributed by atoms with Gasteiger partial charge in [0.1, 0.15) is 0 Å². The van der Waals surface area contributed by atoms with E-state index in [1.807, 2.05) is 0 Å². The number of nitrogens with zero attached hydrogens (tertiary/aromatic N) is 1. The Morgan fingerprint density at radius 1 is 1.38 bits per heavy atom. The first-order chi connectivity index (χ1) is 7.57. The highest BCUT2D eigenvalue weighted by Gasteiger charge is 2.27. The monoisotopic (exact) mass is 228 g/mol. The third-order valence-electron chi connectivity index (χ3n) is 3.16. The maximum absolute atomic E-state index is 5.73. The molecular formula is C13H28N2O. The van der Waals surface area contributed by atoms with Crippen LogP contribution < -0.4 is 5.32 Å². The van der Waals surface area contributed by atoms with Gasteiger partial charge in [0.25, 0.3) is 0 Å². The zero-order chi connectivity index (χ0) is 12.0. The summed E-state index contributed by atoms with van der Waals surface area (Å²) in [6, 6.07) is 0.633. The summed E-state index contributed by atoms with van der Waals surface area (Å²) in [7, 11) is 0. The molecule has 1 fully saturated rings. The zero-order valence-electron chi connectivity index (χ0n) is 11.4. The van der Waals surface area contributed by atoms with Gasteiger partial charge in [-0.25, -0.2) is 0 Å². The van der Waals surface area contributed by atoms with Crippen LogP contribution in [0.25, 0.3) is 0 Å². The lowest BCUT2D eigenvalue weighted by atomic mass is 10.1. The van der Waals surface area contributed by atoms with Crippen molar-refractivity contribution >= 4 is 0 Å². The Bertz CT molecular complexity index is 194. The van der Waals surface area contributed by atoms with Gasteiger partial charge in [0, 0.05) is 25.7 Å². The van der Waals surface area contributed by atoms with Crippen LogP contribution in [-0.2, 0) is 4.74 Å². The van der Waals surface area contributed by atoms with E-state index in [4.69, 9.17) is 4.74 Å². The Labute approximate surface area is 101 Å². The maximum Gasteiger partial charge on any atom is 0.0753 e. The molecule has 0 spiro atoms. The van der Waals surface area contributed by atoms with E-state index in [0.717, 1.165) is 32.8 Å². The van der Waals surface area contributed by atoms with Gasteiger partial charge in [-0.1, -0.05) is 13.8 Å². The molecule has 0 saturated carbocycles. The van der Waals surface area contributed by atoms with Crippen molar-refractivity contribution in [3.8, 4) is 0 Å². The average molecular weight is 228 g/mol. The molecule has 0 bridgehead atoms. The van der Waals surface area contributed by atoms with Crippen LogP contribution in [0.1, 0.15) is 40.5 Å². The highest BCUT2D eigenvalue weighted by atomic mass is 16.5. The lowest BCUT2D eigenvalue weighted by Crippen LogP contribution is -2.52. The second-order valence-corrected chi connectivity index (χ2v) is 5.40. The number of nitrogens with one attached hydrogen (secondary N) is 1. The molecule has 3 nitrogen and oxygen atoms in total. The van der Waals surface area contributed by atoms with Crippen molar-refractivity contribution in [3.05, 3.63) is 0 Å². The smallest absolute Gasteiger partial charge is 0.0753 e. The molecule has 1 aliphatic rings. The van der Waals surface area contributed by atoms with Crippen LogP contribution in [0.4, 0.5) is 0 Å². The summed E-state index contributed by atoms with van der Waals surface area (Å²) in [5, 5.41) is 3.61. The minimum atomic E-state index is 0.0291.